The van der Waals surface area contributed by atoms with Crippen LogP contribution in [-0.4, -0.2) is 35.7 Å². The van der Waals surface area contributed by atoms with Crippen molar-refractivity contribution in [2.75, 3.05) is 11.9 Å². The number of nitrogens with one attached hydrogen (secondary N) is 2. The van der Waals surface area contributed by atoms with Gasteiger partial charge >= 0.3 is 12.1 Å². The summed E-state index contributed by atoms with van der Waals surface area (Å²) in [7, 11) is 0. The van der Waals surface area contributed by atoms with E-state index in [1.807, 2.05) is 0 Å². The van der Waals surface area contributed by atoms with Crippen LogP contribution < -0.4 is 10.6 Å². The molecule has 1 fully saturated rings. The Kier molecular flexibility index (Phi) is 6.07. The number of rotatable bonds is 5. The molecule has 0 saturated heterocycles. The first-order valence-electron chi connectivity index (χ1n) is 8.85. The maximum atomic E-state index is 13.6. The van der Waals surface area contributed by atoms with Gasteiger partial charge in [0.15, 0.2) is 0 Å². The minimum Gasteiger partial charge on any atom is -0.480 e. The highest BCUT2D eigenvalue weighted by molar-refractivity contribution is 5.96. The van der Waals surface area contributed by atoms with Crippen LogP contribution in [-0.2, 0) is 4.79 Å². The van der Waals surface area contributed by atoms with Crippen LogP contribution in [0.3, 0.4) is 0 Å². The zero-order valence-electron chi connectivity index (χ0n) is 15.6. The normalized spacial score (nSPS) is 24.9. The molecule has 2 rings (SSSR count). The van der Waals surface area contributed by atoms with Gasteiger partial charge in [0.05, 0.1) is 5.92 Å². The number of hydrogen-bond donors (Lipinski definition) is 3. The molecule has 3 atom stereocenters. The van der Waals surface area contributed by atoms with E-state index in [1.54, 1.807) is 32.9 Å². The van der Waals surface area contributed by atoms with Crippen molar-refractivity contribution < 1.29 is 27.9 Å². The lowest BCUT2D eigenvalue weighted by atomic mass is 9.62. The molecule has 0 radical (unpaired) electrons. The summed E-state index contributed by atoms with van der Waals surface area (Å²) in [4.78, 5) is 22.3. The van der Waals surface area contributed by atoms with E-state index in [0.29, 0.717) is 18.5 Å². The molecule has 1 aliphatic rings. The van der Waals surface area contributed by atoms with Gasteiger partial charge in [0, 0.05) is 17.3 Å². The minimum absolute atomic E-state index is 0.285. The zero-order chi connectivity index (χ0) is 20.4. The average Bonchev–Trinajstić information content (AvgIpc) is 2.54. The van der Waals surface area contributed by atoms with Crippen molar-refractivity contribution in [3.05, 3.63) is 29.8 Å². The van der Waals surface area contributed by atoms with Crippen molar-refractivity contribution in [3.8, 4) is 0 Å². The topological polar surface area (TPSA) is 78.4 Å². The lowest BCUT2D eigenvalue weighted by Gasteiger charge is -2.47. The highest BCUT2D eigenvalue weighted by Crippen LogP contribution is 2.52. The Morgan fingerprint density at radius 1 is 1.22 bits per heavy atom. The van der Waals surface area contributed by atoms with E-state index in [9.17, 15) is 22.8 Å². The molecule has 0 aliphatic heterocycles. The maximum Gasteiger partial charge on any atom is 0.392 e. The van der Waals surface area contributed by atoms with Crippen molar-refractivity contribution in [1.82, 2.24) is 5.32 Å². The standard InChI is InChI=1S/C19H25F3N2O3/c1-11-14(8-9-18(2,3)16(11)19(20,21)22)24-13-6-4-12(5-7-13)17(27)23-10-15(25)26/h4-7,11,14,16,24H,8-10H2,1-3H3,(H,23,27)(H,25,26). The van der Waals surface area contributed by atoms with Crippen LogP contribution in [0.1, 0.15) is 44.0 Å². The molecule has 3 unspecified atom stereocenters. The Hall–Kier alpha value is -2.25. The monoisotopic (exact) mass is 386 g/mol. The summed E-state index contributed by atoms with van der Waals surface area (Å²) < 4.78 is 40.7. The highest BCUT2D eigenvalue weighted by atomic mass is 19.4. The van der Waals surface area contributed by atoms with Gasteiger partial charge in [0.25, 0.3) is 5.91 Å². The summed E-state index contributed by atoms with van der Waals surface area (Å²) in [5.74, 6) is -3.64. The molecular formula is C19H25F3N2O3. The van der Waals surface area contributed by atoms with Gasteiger partial charge in [0.2, 0.25) is 0 Å². The third kappa shape index (κ3) is 5.14. The van der Waals surface area contributed by atoms with Crippen molar-refractivity contribution in [2.45, 2.75) is 45.8 Å². The largest absolute Gasteiger partial charge is 0.480 e. The van der Waals surface area contributed by atoms with Crippen LogP contribution in [0.15, 0.2) is 24.3 Å². The number of amides is 1. The maximum absolute atomic E-state index is 13.6. The molecule has 5 nitrogen and oxygen atoms in total. The second-order valence-corrected chi connectivity index (χ2v) is 7.81. The van der Waals surface area contributed by atoms with Crippen molar-refractivity contribution in [3.63, 3.8) is 0 Å². The van der Waals surface area contributed by atoms with E-state index >= 15 is 0 Å². The summed E-state index contributed by atoms with van der Waals surface area (Å²) in [6.07, 6.45) is -3.16. The number of aliphatic carboxylic acids is 1. The molecule has 0 aromatic heterocycles. The fourth-order valence-corrected chi connectivity index (χ4v) is 4.02. The van der Waals surface area contributed by atoms with Crippen molar-refractivity contribution in [2.24, 2.45) is 17.3 Å². The van der Waals surface area contributed by atoms with Crippen LogP contribution in [0.4, 0.5) is 18.9 Å². The van der Waals surface area contributed by atoms with E-state index in [1.165, 1.54) is 12.1 Å². The summed E-state index contributed by atoms with van der Waals surface area (Å²) in [6, 6.07) is 5.93. The number of carbonyl (C=O) groups is 2. The van der Waals surface area contributed by atoms with E-state index in [4.69, 9.17) is 5.11 Å². The summed E-state index contributed by atoms with van der Waals surface area (Å²) in [5, 5.41) is 14.0. The molecule has 0 bridgehead atoms. The average molecular weight is 386 g/mol. The molecule has 0 heterocycles. The predicted molar refractivity (Wildman–Crippen MR) is 95.5 cm³/mol. The molecule has 8 heteroatoms. The summed E-state index contributed by atoms with van der Waals surface area (Å²) >= 11 is 0. The smallest absolute Gasteiger partial charge is 0.392 e. The Morgan fingerprint density at radius 2 is 1.81 bits per heavy atom. The van der Waals surface area contributed by atoms with Crippen molar-refractivity contribution in [1.29, 1.82) is 0 Å². The SMILES string of the molecule is CC1C(Nc2ccc(C(=O)NCC(=O)O)cc2)CCC(C)(C)C1C(F)(F)F. The number of carboxylic acids is 1. The molecule has 27 heavy (non-hydrogen) atoms. The molecule has 150 valence electrons. The van der Waals surface area contributed by atoms with Crippen LogP contribution in [0.5, 0.6) is 0 Å². The highest BCUT2D eigenvalue weighted by Gasteiger charge is 2.55. The lowest BCUT2D eigenvalue weighted by Crippen LogP contribution is -2.50. The van der Waals surface area contributed by atoms with Gasteiger partial charge in [-0.3, -0.25) is 9.59 Å². The Morgan fingerprint density at radius 3 is 2.33 bits per heavy atom. The number of carbonyl (C=O) groups excluding carboxylic acids is 1. The summed E-state index contributed by atoms with van der Waals surface area (Å²) in [5.41, 5.74) is 0.108. The first-order chi connectivity index (χ1) is 12.4. The number of alkyl halides is 3. The van der Waals surface area contributed by atoms with E-state index < -0.39 is 41.8 Å². The third-order valence-electron chi connectivity index (χ3n) is 5.35. The number of hydrogen-bond acceptors (Lipinski definition) is 3. The Labute approximate surface area is 156 Å². The van der Waals surface area contributed by atoms with E-state index in [0.717, 1.165) is 0 Å². The number of halogens is 3. The Bertz CT molecular complexity index is 686. The van der Waals surface area contributed by atoms with Gasteiger partial charge < -0.3 is 15.7 Å². The van der Waals surface area contributed by atoms with Crippen LogP contribution in [0.2, 0.25) is 0 Å². The molecule has 1 amide bonds. The number of carboxylic acid groups (broad SMARTS) is 1. The fraction of sp³-hybridized carbons (Fsp3) is 0.579. The molecule has 1 saturated carbocycles. The molecule has 1 aromatic rings. The first kappa shape index (κ1) is 21.1. The lowest BCUT2D eigenvalue weighted by molar-refractivity contribution is -0.227. The van der Waals surface area contributed by atoms with E-state index in [2.05, 4.69) is 10.6 Å². The van der Waals surface area contributed by atoms with Gasteiger partial charge in [-0.15, -0.1) is 0 Å². The second-order valence-electron chi connectivity index (χ2n) is 7.81. The predicted octanol–water partition coefficient (Wildman–Crippen LogP) is 3.92. The van der Waals surface area contributed by atoms with E-state index in [-0.39, 0.29) is 11.6 Å². The van der Waals surface area contributed by atoms with Gasteiger partial charge in [-0.25, -0.2) is 0 Å². The van der Waals surface area contributed by atoms with Gasteiger partial charge in [-0.05, 0) is 48.4 Å². The van der Waals surface area contributed by atoms with Gasteiger partial charge in [-0.2, -0.15) is 13.2 Å². The molecular weight excluding hydrogens is 361 g/mol. The Balaban J connectivity index is 2.06. The van der Waals surface area contributed by atoms with Crippen LogP contribution >= 0.6 is 0 Å². The molecule has 0 spiro atoms. The van der Waals surface area contributed by atoms with Crippen LogP contribution in [0, 0.1) is 17.3 Å². The van der Waals surface area contributed by atoms with Crippen LogP contribution in [0.25, 0.3) is 0 Å². The second kappa shape index (κ2) is 7.78. The third-order valence-corrected chi connectivity index (χ3v) is 5.35. The van der Waals surface area contributed by atoms with Gasteiger partial charge in [0.1, 0.15) is 6.54 Å². The zero-order valence-corrected chi connectivity index (χ0v) is 15.6. The fourth-order valence-electron chi connectivity index (χ4n) is 4.02. The summed E-state index contributed by atoms with van der Waals surface area (Å²) in [6.45, 7) is 4.49. The molecule has 3 N–H and O–H groups in total. The number of benzene rings is 1. The number of anilines is 1. The molecule has 1 aliphatic carbocycles. The van der Waals surface area contributed by atoms with Crippen molar-refractivity contribution >= 4 is 17.6 Å². The quantitative estimate of drug-likeness (QED) is 0.717. The minimum atomic E-state index is -4.25. The first-order valence-corrected chi connectivity index (χ1v) is 8.85. The van der Waals surface area contributed by atoms with Gasteiger partial charge in [-0.1, -0.05) is 20.8 Å². The molecule has 1 aromatic carbocycles.